The molecule has 11 aromatic rings. The summed E-state index contributed by atoms with van der Waals surface area (Å²) in [7, 11) is 0. The molecule has 97 heavy (non-hydrogen) atoms. The zero-order chi connectivity index (χ0) is 68.1. The van der Waals surface area contributed by atoms with Crippen molar-refractivity contribution in [3.8, 4) is 0 Å². The lowest BCUT2D eigenvalue weighted by Gasteiger charge is -2.32. The maximum atomic E-state index is 14.3. The lowest BCUT2D eigenvalue weighted by atomic mass is 9.77. The minimum atomic E-state index is -1.76. The molecule has 0 radical (unpaired) electrons. The Morgan fingerprint density at radius 1 is 0.247 bits per heavy atom. The van der Waals surface area contributed by atoms with E-state index in [4.69, 9.17) is 0 Å². The summed E-state index contributed by atoms with van der Waals surface area (Å²) in [5.41, 5.74) is 2.31. The first kappa shape index (κ1) is 69.1. The zero-order valence-corrected chi connectivity index (χ0v) is 57.6. The van der Waals surface area contributed by atoms with E-state index in [9.17, 15) is 29.7 Å². The first-order chi connectivity index (χ1) is 47.2. The highest BCUT2D eigenvalue weighted by atomic mass is 16.3. The molecule has 0 aliphatic carbocycles. The maximum Gasteiger partial charge on any atom is 0.253 e. The van der Waals surface area contributed by atoms with Gasteiger partial charge in [0, 0.05) is 56.0 Å². The Hall–Kier alpha value is -9.25. The van der Waals surface area contributed by atoms with Crippen molar-refractivity contribution in [2.24, 2.45) is 0 Å². The van der Waals surface area contributed by atoms with Crippen molar-refractivity contribution in [1.29, 1.82) is 0 Å². The van der Waals surface area contributed by atoms with Gasteiger partial charge >= 0.3 is 0 Å². The summed E-state index contributed by atoms with van der Waals surface area (Å²) >= 11 is 0. The van der Waals surface area contributed by atoms with E-state index in [1.54, 1.807) is 0 Å². The molecule has 0 bridgehead atoms. The topological polar surface area (TPSA) is 122 Å². The summed E-state index contributed by atoms with van der Waals surface area (Å²) in [6.45, 7) is 17.0. The fourth-order valence-corrected chi connectivity index (χ4v) is 13.9. The number of unbranched alkanes of at least 4 members (excludes halogenated alkanes) is 6. The van der Waals surface area contributed by atoms with Gasteiger partial charge in [-0.25, -0.2) is 0 Å². The number of amides is 3. The number of nitrogens with zero attached hydrogens (tertiary/aromatic N) is 3. The van der Waals surface area contributed by atoms with Crippen LogP contribution in [0.25, 0.3) is 43.1 Å². The molecule has 498 valence electrons. The highest BCUT2D eigenvalue weighted by Gasteiger charge is 2.39. The number of carbonyl (C=O) groups excluding carboxylic acids is 3. The Morgan fingerprint density at radius 2 is 0.423 bits per heavy atom. The van der Waals surface area contributed by atoms with Crippen molar-refractivity contribution >= 4 is 60.8 Å². The van der Waals surface area contributed by atoms with Crippen LogP contribution in [0.5, 0.6) is 0 Å². The van der Waals surface area contributed by atoms with E-state index in [0.29, 0.717) is 106 Å². The number of aliphatic hydroxyl groups is 3. The normalized spacial score (nSPS) is 13.5. The smallest absolute Gasteiger partial charge is 0.253 e. The lowest BCUT2D eigenvalue weighted by molar-refractivity contribution is 0.0743. The molecule has 0 heterocycles. The number of rotatable bonds is 30. The van der Waals surface area contributed by atoms with Gasteiger partial charge in [0.1, 0.15) is 16.8 Å². The molecule has 9 heteroatoms. The molecule has 0 aromatic heterocycles. The largest absolute Gasteiger partial charge is 0.376 e. The monoisotopic (exact) mass is 1290 g/mol. The third-order valence-corrected chi connectivity index (χ3v) is 19.9. The molecule has 3 amide bonds. The summed E-state index contributed by atoms with van der Waals surface area (Å²) in [4.78, 5) is 48.3. The predicted molar refractivity (Wildman–Crippen MR) is 399 cm³/mol. The van der Waals surface area contributed by atoms with Gasteiger partial charge in [0.05, 0.1) is 0 Å². The van der Waals surface area contributed by atoms with Crippen molar-refractivity contribution in [3.63, 3.8) is 0 Å². The van der Waals surface area contributed by atoms with E-state index in [-0.39, 0.29) is 17.7 Å². The third kappa shape index (κ3) is 14.6. The second-order valence-electron chi connectivity index (χ2n) is 26.5. The molecular weight excluding hydrogens is 1190 g/mol. The first-order valence-electron chi connectivity index (χ1n) is 35.6. The molecule has 0 fully saturated rings. The number of benzene rings is 11. The van der Waals surface area contributed by atoms with Crippen LogP contribution in [0.1, 0.15) is 200 Å². The van der Waals surface area contributed by atoms with Crippen LogP contribution in [0.3, 0.4) is 0 Å². The van der Waals surface area contributed by atoms with Crippen LogP contribution in [-0.2, 0) is 16.8 Å². The number of carbonyl (C=O) groups is 3. The number of hydrogen-bond donors (Lipinski definition) is 3. The Balaban J connectivity index is 1.01. The molecule has 2 unspecified atom stereocenters. The standard InChI is InChI=1S/C88H95N3O6/c1-7-13-51-89(52-14-8-2)83(92)65-29-39-74(40-30-65)86(95,77-45-27-63-23-19-21-25-68(63)57-77)79-47-35-72-61-81(49-37-70(72)59-79)88(97,76-43-33-67(34-44-76)85(94)91(55-17-11-5)56-18-12-6)82-50-38-71-60-80(48-36-73(71)62-82)87(96,78-46-28-64-24-20-22-26-69(64)58-78)75-41-31-66(32-42-75)84(93)90(53-15-9-3)54-16-10-4/h19-50,57-62,95-97H,7-18,51-56H2,1-6H3. The van der Waals surface area contributed by atoms with Crippen molar-refractivity contribution in [1.82, 2.24) is 14.7 Å². The van der Waals surface area contributed by atoms with Gasteiger partial charge in [-0.3, -0.25) is 14.4 Å². The fraction of sp³-hybridized carbons (Fsp3) is 0.307. The molecular formula is C88H95N3O6. The quantitative estimate of drug-likeness (QED) is 0.0386. The van der Waals surface area contributed by atoms with E-state index in [0.717, 1.165) is 120 Å². The Labute approximate surface area is 574 Å². The Kier molecular flexibility index (Phi) is 22.3. The van der Waals surface area contributed by atoms with Crippen LogP contribution < -0.4 is 0 Å². The summed E-state index contributed by atoms with van der Waals surface area (Å²) in [5, 5.41) is 48.5. The second kappa shape index (κ2) is 31.3. The summed E-state index contributed by atoms with van der Waals surface area (Å²) in [5.74, 6) is -0.0528. The molecule has 3 N–H and O–H groups in total. The van der Waals surface area contributed by atoms with Gasteiger partial charge < -0.3 is 30.0 Å². The van der Waals surface area contributed by atoms with Crippen molar-refractivity contribution in [2.45, 2.75) is 135 Å². The minimum Gasteiger partial charge on any atom is -0.376 e. The van der Waals surface area contributed by atoms with Gasteiger partial charge in [-0.1, -0.05) is 238 Å². The van der Waals surface area contributed by atoms with Crippen LogP contribution in [0.4, 0.5) is 0 Å². The molecule has 11 rings (SSSR count). The molecule has 11 aromatic carbocycles. The van der Waals surface area contributed by atoms with E-state index in [1.807, 2.05) is 221 Å². The van der Waals surface area contributed by atoms with Gasteiger partial charge in [-0.15, -0.1) is 0 Å². The van der Waals surface area contributed by atoms with Crippen molar-refractivity contribution in [2.75, 3.05) is 39.3 Å². The molecule has 0 saturated carbocycles. The van der Waals surface area contributed by atoms with Gasteiger partial charge in [0.25, 0.3) is 17.7 Å². The van der Waals surface area contributed by atoms with Gasteiger partial charge in [0.2, 0.25) is 0 Å². The molecule has 9 nitrogen and oxygen atoms in total. The van der Waals surface area contributed by atoms with E-state index in [1.165, 1.54) is 0 Å². The molecule has 0 saturated heterocycles. The molecule has 0 aliphatic rings. The van der Waals surface area contributed by atoms with Crippen LogP contribution >= 0.6 is 0 Å². The Bertz CT molecular complexity index is 4250. The number of hydrogen-bond acceptors (Lipinski definition) is 6. The average Bonchev–Trinajstić information content (AvgIpc) is 0.749. The number of fused-ring (bicyclic) bond motifs is 4. The van der Waals surface area contributed by atoms with E-state index in [2.05, 4.69) is 65.8 Å². The third-order valence-electron chi connectivity index (χ3n) is 19.9. The zero-order valence-electron chi connectivity index (χ0n) is 57.6. The average molecular weight is 1290 g/mol. The highest BCUT2D eigenvalue weighted by molar-refractivity contribution is 5.96. The van der Waals surface area contributed by atoms with Gasteiger partial charge in [-0.05, 0) is 204 Å². The van der Waals surface area contributed by atoms with Crippen LogP contribution in [0, 0.1) is 0 Å². The lowest BCUT2D eigenvalue weighted by Crippen LogP contribution is -2.33. The Morgan fingerprint density at radius 3 is 0.629 bits per heavy atom. The van der Waals surface area contributed by atoms with Crippen LogP contribution in [-0.4, -0.2) is 87.0 Å². The second-order valence-corrected chi connectivity index (χ2v) is 26.5. The van der Waals surface area contributed by atoms with Gasteiger partial charge in [-0.2, -0.15) is 0 Å². The molecule has 0 aliphatic heterocycles. The van der Waals surface area contributed by atoms with Crippen molar-refractivity contribution in [3.05, 3.63) is 297 Å². The SMILES string of the molecule is CCCCN(CCCC)C(=O)c1ccc(C(O)(c2ccc3ccccc3c2)c2ccc3cc(C(O)(c4ccc(C(=O)N(CCCC)CCCC)cc4)c4ccc5cc(C(O)(c6ccc(C(=O)N(CCCC)CCCC)cc6)c6ccc7ccccc7c6)ccc5c4)ccc3c2)cc1. The first-order valence-corrected chi connectivity index (χ1v) is 35.6. The predicted octanol–water partition coefficient (Wildman–Crippen LogP) is 19.3. The van der Waals surface area contributed by atoms with E-state index >= 15 is 0 Å². The van der Waals surface area contributed by atoms with Gasteiger partial charge in [0.15, 0.2) is 0 Å². The van der Waals surface area contributed by atoms with Crippen LogP contribution in [0.2, 0.25) is 0 Å². The molecule has 0 spiro atoms. The van der Waals surface area contributed by atoms with E-state index < -0.39 is 16.8 Å². The minimum absolute atomic E-state index is 0.00976. The van der Waals surface area contributed by atoms with Crippen LogP contribution in [0.15, 0.2) is 231 Å². The summed E-state index contributed by atoms with van der Waals surface area (Å²) < 4.78 is 0. The summed E-state index contributed by atoms with van der Waals surface area (Å²) in [6, 6.07) is 74.6. The van der Waals surface area contributed by atoms with Crippen molar-refractivity contribution < 1.29 is 29.7 Å². The fourth-order valence-electron chi connectivity index (χ4n) is 13.9. The maximum absolute atomic E-state index is 14.3. The molecule has 2 atom stereocenters. The highest BCUT2D eigenvalue weighted by Crippen LogP contribution is 2.45. The summed E-state index contributed by atoms with van der Waals surface area (Å²) in [6.07, 6.45) is 11.4.